The van der Waals surface area contributed by atoms with Gasteiger partial charge < -0.3 is 10.2 Å². The molecule has 1 aliphatic rings. The van der Waals surface area contributed by atoms with Crippen molar-refractivity contribution < 1.29 is 18.0 Å². The van der Waals surface area contributed by atoms with E-state index >= 15 is 0 Å². The van der Waals surface area contributed by atoms with Crippen LogP contribution in [-0.4, -0.2) is 34.9 Å². The summed E-state index contributed by atoms with van der Waals surface area (Å²) in [5.74, 6) is 0.0309. The molecule has 0 saturated carbocycles. The number of rotatable bonds is 2. The molecule has 0 unspecified atom stereocenters. The van der Waals surface area contributed by atoms with Crippen molar-refractivity contribution in [3.05, 3.63) is 23.8 Å². The van der Waals surface area contributed by atoms with Crippen LogP contribution in [0.5, 0.6) is 0 Å². The molecular formula is C14H14F3N3OS. The number of benzene rings is 1. The summed E-state index contributed by atoms with van der Waals surface area (Å²) < 4.78 is 38.8. The Morgan fingerprint density at radius 1 is 1.45 bits per heavy atom. The first-order valence-electron chi connectivity index (χ1n) is 6.83. The monoisotopic (exact) mass is 329 g/mol. The molecule has 4 nitrogen and oxygen atoms in total. The quantitative estimate of drug-likeness (QED) is 0.919. The summed E-state index contributed by atoms with van der Waals surface area (Å²) >= 11 is 1.32. The van der Waals surface area contributed by atoms with Gasteiger partial charge in [0.15, 0.2) is 5.13 Å². The van der Waals surface area contributed by atoms with Crippen LogP contribution in [0.1, 0.15) is 18.9 Å². The highest BCUT2D eigenvalue weighted by atomic mass is 32.1. The second-order valence-electron chi connectivity index (χ2n) is 5.29. The molecule has 1 aromatic heterocycles. The van der Waals surface area contributed by atoms with Crippen molar-refractivity contribution in [2.75, 3.05) is 18.4 Å². The van der Waals surface area contributed by atoms with E-state index in [1.807, 2.05) is 0 Å². The second-order valence-corrected chi connectivity index (χ2v) is 6.32. The van der Waals surface area contributed by atoms with E-state index in [2.05, 4.69) is 10.3 Å². The highest BCUT2D eigenvalue weighted by Gasteiger charge is 2.31. The Kier molecular flexibility index (Phi) is 3.72. The van der Waals surface area contributed by atoms with E-state index in [4.69, 9.17) is 0 Å². The normalized spacial score (nSPS) is 18.9. The van der Waals surface area contributed by atoms with Crippen molar-refractivity contribution in [2.45, 2.75) is 25.6 Å². The fourth-order valence-electron chi connectivity index (χ4n) is 2.50. The first kappa shape index (κ1) is 15.1. The zero-order valence-corrected chi connectivity index (χ0v) is 12.6. The number of fused-ring (bicyclic) bond motifs is 1. The summed E-state index contributed by atoms with van der Waals surface area (Å²) in [4.78, 5) is 17.3. The van der Waals surface area contributed by atoms with Crippen LogP contribution >= 0.6 is 11.3 Å². The standard InChI is InChI=1S/C14H14F3N3OS/c1-8(21)20-5-4-10(7-20)18-13-19-11-6-9(14(15,16)17)2-3-12(11)22-13/h2-3,6,10H,4-5,7H2,1H3,(H,18,19)/t10-/m0/s1. The smallest absolute Gasteiger partial charge is 0.357 e. The zero-order chi connectivity index (χ0) is 15.9. The molecular weight excluding hydrogens is 315 g/mol. The van der Waals surface area contributed by atoms with Crippen molar-refractivity contribution in [2.24, 2.45) is 0 Å². The first-order valence-corrected chi connectivity index (χ1v) is 7.64. The van der Waals surface area contributed by atoms with Gasteiger partial charge in [0, 0.05) is 26.1 Å². The van der Waals surface area contributed by atoms with Gasteiger partial charge in [0.25, 0.3) is 0 Å². The summed E-state index contributed by atoms with van der Waals surface area (Å²) in [5, 5.41) is 3.79. The van der Waals surface area contributed by atoms with Crippen molar-refractivity contribution in [1.82, 2.24) is 9.88 Å². The minimum atomic E-state index is -4.36. The number of hydrogen-bond donors (Lipinski definition) is 1. The zero-order valence-electron chi connectivity index (χ0n) is 11.8. The van der Waals surface area contributed by atoms with Crippen molar-refractivity contribution in [3.63, 3.8) is 0 Å². The van der Waals surface area contributed by atoms with E-state index < -0.39 is 11.7 Å². The topological polar surface area (TPSA) is 45.2 Å². The number of likely N-dealkylation sites (tertiary alicyclic amines) is 1. The predicted molar refractivity (Wildman–Crippen MR) is 78.9 cm³/mol. The number of amides is 1. The number of halogens is 3. The largest absolute Gasteiger partial charge is 0.416 e. The lowest BCUT2D eigenvalue weighted by atomic mass is 10.2. The Morgan fingerprint density at radius 3 is 2.86 bits per heavy atom. The van der Waals surface area contributed by atoms with Gasteiger partial charge in [-0.05, 0) is 24.6 Å². The molecule has 22 heavy (non-hydrogen) atoms. The van der Waals surface area contributed by atoms with Gasteiger partial charge in [-0.1, -0.05) is 11.3 Å². The summed E-state index contributed by atoms with van der Waals surface area (Å²) in [6.45, 7) is 2.81. The molecule has 2 aromatic rings. The summed E-state index contributed by atoms with van der Waals surface area (Å²) in [6.07, 6.45) is -3.55. The lowest BCUT2D eigenvalue weighted by Crippen LogP contribution is -2.29. The number of hydrogen-bond acceptors (Lipinski definition) is 4. The molecule has 1 amide bonds. The number of carbonyl (C=O) groups is 1. The highest BCUT2D eigenvalue weighted by molar-refractivity contribution is 7.22. The molecule has 3 rings (SSSR count). The Balaban J connectivity index is 1.77. The maximum Gasteiger partial charge on any atom is 0.416 e. The van der Waals surface area contributed by atoms with Crippen LogP contribution in [0, 0.1) is 0 Å². The molecule has 1 saturated heterocycles. The van der Waals surface area contributed by atoms with E-state index in [9.17, 15) is 18.0 Å². The van der Waals surface area contributed by atoms with Crippen molar-refractivity contribution in [1.29, 1.82) is 0 Å². The summed E-state index contributed by atoms with van der Waals surface area (Å²) in [5.41, 5.74) is -0.357. The molecule has 1 N–H and O–H groups in total. The third-order valence-corrected chi connectivity index (χ3v) is 4.64. The van der Waals surface area contributed by atoms with E-state index in [-0.39, 0.29) is 11.9 Å². The molecule has 118 valence electrons. The maximum absolute atomic E-state index is 12.7. The van der Waals surface area contributed by atoms with Crippen molar-refractivity contribution in [3.8, 4) is 0 Å². The second kappa shape index (κ2) is 5.42. The maximum atomic E-state index is 12.7. The van der Waals surface area contributed by atoms with Gasteiger partial charge in [0.1, 0.15) is 0 Å². The van der Waals surface area contributed by atoms with Gasteiger partial charge in [0.2, 0.25) is 5.91 Å². The molecule has 1 aromatic carbocycles. The van der Waals surface area contributed by atoms with Crippen LogP contribution in [0.3, 0.4) is 0 Å². The molecule has 0 spiro atoms. The molecule has 8 heteroatoms. The Labute approximate surface area is 128 Å². The molecule has 2 heterocycles. The average molecular weight is 329 g/mol. The molecule has 0 aliphatic carbocycles. The number of anilines is 1. The number of aromatic nitrogens is 1. The summed E-state index contributed by atoms with van der Waals surface area (Å²) in [7, 11) is 0. The lowest BCUT2D eigenvalue weighted by Gasteiger charge is -2.14. The molecule has 1 aliphatic heterocycles. The number of carbonyl (C=O) groups excluding carboxylic acids is 1. The minimum absolute atomic E-state index is 0.0309. The van der Waals surface area contributed by atoms with E-state index in [1.165, 1.54) is 24.3 Å². The predicted octanol–water partition coefficient (Wildman–Crippen LogP) is 3.35. The molecule has 0 bridgehead atoms. The van der Waals surface area contributed by atoms with Gasteiger partial charge in [-0.2, -0.15) is 13.2 Å². The van der Waals surface area contributed by atoms with Gasteiger partial charge in [-0.25, -0.2) is 4.98 Å². The van der Waals surface area contributed by atoms with Gasteiger partial charge in [-0.3, -0.25) is 4.79 Å². The summed E-state index contributed by atoms with van der Waals surface area (Å²) in [6, 6.07) is 3.66. The van der Waals surface area contributed by atoms with Crippen LogP contribution in [0.4, 0.5) is 18.3 Å². The third-order valence-electron chi connectivity index (χ3n) is 3.68. The SMILES string of the molecule is CC(=O)N1CC[C@H](Nc2nc3cc(C(F)(F)F)ccc3s2)C1. The minimum Gasteiger partial charge on any atom is -0.357 e. The van der Waals surface area contributed by atoms with Crippen LogP contribution < -0.4 is 5.32 Å². The van der Waals surface area contributed by atoms with E-state index in [0.29, 0.717) is 28.4 Å². The lowest BCUT2D eigenvalue weighted by molar-refractivity contribution is -0.137. The molecule has 1 fully saturated rings. The van der Waals surface area contributed by atoms with Crippen LogP contribution in [0.2, 0.25) is 0 Å². The third kappa shape index (κ3) is 3.01. The average Bonchev–Trinajstić information content (AvgIpc) is 3.03. The van der Waals surface area contributed by atoms with Crippen LogP contribution in [0.15, 0.2) is 18.2 Å². The fourth-order valence-corrected chi connectivity index (χ4v) is 3.43. The Hall–Kier alpha value is -1.83. The molecule has 1 atom stereocenters. The highest BCUT2D eigenvalue weighted by Crippen LogP contribution is 2.34. The number of thiazole rings is 1. The van der Waals surface area contributed by atoms with E-state index in [1.54, 1.807) is 4.90 Å². The Bertz CT molecular complexity index is 713. The van der Waals surface area contributed by atoms with Gasteiger partial charge >= 0.3 is 6.18 Å². The number of nitrogens with zero attached hydrogens (tertiary/aromatic N) is 2. The van der Waals surface area contributed by atoms with Gasteiger partial charge in [-0.15, -0.1) is 0 Å². The van der Waals surface area contributed by atoms with Crippen LogP contribution in [-0.2, 0) is 11.0 Å². The molecule has 0 radical (unpaired) electrons. The van der Waals surface area contributed by atoms with Gasteiger partial charge in [0.05, 0.1) is 15.8 Å². The fraction of sp³-hybridized carbons (Fsp3) is 0.429. The Morgan fingerprint density at radius 2 is 2.23 bits per heavy atom. The number of nitrogens with one attached hydrogen (secondary N) is 1. The van der Waals surface area contributed by atoms with Crippen molar-refractivity contribution >= 4 is 32.6 Å². The first-order chi connectivity index (χ1) is 10.3. The number of alkyl halides is 3. The van der Waals surface area contributed by atoms with Crippen LogP contribution in [0.25, 0.3) is 10.2 Å². The van der Waals surface area contributed by atoms with E-state index in [0.717, 1.165) is 18.6 Å².